The largest absolute Gasteiger partial charge is 0.379 e. The SMILES string of the molecule is C(#CC1C=CN=CC1)CN1CCOCC1. The molecule has 2 rings (SSSR count). The van der Waals surface area contributed by atoms with Crippen LogP contribution in [0, 0.1) is 17.8 Å². The van der Waals surface area contributed by atoms with Crippen LogP contribution in [-0.2, 0) is 4.74 Å². The van der Waals surface area contributed by atoms with Crippen molar-refractivity contribution in [2.75, 3.05) is 32.8 Å². The topological polar surface area (TPSA) is 24.8 Å². The molecule has 80 valence electrons. The summed E-state index contributed by atoms with van der Waals surface area (Å²) in [5.74, 6) is 6.85. The molecule has 0 amide bonds. The summed E-state index contributed by atoms with van der Waals surface area (Å²) in [6.07, 6.45) is 6.77. The van der Waals surface area contributed by atoms with Gasteiger partial charge >= 0.3 is 0 Å². The summed E-state index contributed by atoms with van der Waals surface area (Å²) in [5, 5.41) is 0. The average Bonchev–Trinajstić information content (AvgIpc) is 2.32. The Bertz CT molecular complexity index is 305. The molecule has 0 radical (unpaired) electrons. The minimum absolute atomic E-state index is 0.364. The standard InChI is InChI=1S/C12H16N2O/c1(2-12-3-5-13-6-4-12)7-14-8-10-15-11-9-14/h3,5-6,12H,4,7-11H2. The third-order valence-corrected chi connectivity index (χ3v) is 2.56. The zero-order valence-electron chi connectivity index (χ0n) is 8.85. The molecular weight excluding hydrogens is 188 g/mol. The smallest absolute Gasteiger partial charge is 0.0603 e. The van der Waals surface area contributed by atoms with Crippen molar-refractivity contribution in [3.05, 3.63) is 12.3 Å². The van der Waals surface area contributed by atoms with Gasteiger partial charge in [-0.05, 0) is 0 Å². The zero-order chi connectivity index (χ0) is 10.3. The van der Waals surface area contributed by atoms with Crippen LogP contribution in [0.2, 0.25) is 0 Å². The highest BCUT2D eigenvalue weighted by atomic mass is 16.5. The van der Waals surface area contributed by atoms with Gasteiger partial charge < -0.3 is 4.74 Å². The Hall–Kier alpha value is -1.11. The van der Waals surface area contributed by atoms with Gasteiger partial charge in [0.2, 0.25) is 0 Å². The van der Waals surface area contributed by atoms with Crippen molar-refractivity contribution in [3.63, 3.8) is 0 Å². The van der Waals surface area contributed by atoms with Crippen LogP contribution >= 0.6 is 0 Å². The van der Waals surface area contributed by atoms with Gasteiger partial charge in [-0.1, -0.05) is 17.9 Å². The van der Waals surface area contributed by atoms with E-state index >= 15 is 0 Å². The fourth-order valence-corrected chi connectivity index (χ4v) is 1.62. The highest BCUT2D eigenvalue weighted by Crippen LogP contribution is 2.06. The summed E-state index contributed by atoms with van der Waals surface area (Å²) >= 11 is 0. The summed E-state index contributed by atoms with van der Waals surface area (Å²) in [7, 11) is 0. The molecule has 0 aromatic carbocycles. The Morgan fingerprint density at radius 2 is 2.27 bits per heavy atom. The molecule has 2 aliphatic rings. The third kappa shape index (κ3) is 3.50. The van der Waals surface area contributed by atoms with Crippen LogP contribution in [0.3, 0.4) is 0 Å². The highest BCUT2D eigenvalue weighted by molar-refractivity contribution is 5.61. The van der Waals surface area contributed by atoms with Gasteiger partial charge in [0.25, 0.3) is 0 Å². The van der Waals surface area contributed by atoms with Crippen LogP contribution in [0.15, 0.2) is 17.3 Å². The van der Waals surface area contributed by atoms with Crippen LogP contribution in [0.25, 0.3) is 0 Å². The number of ether oxygens (including phenoxy) is 1. The zero-order valence-corrected chi connectivity index (χ0v) is 8.85. The average molecular weight is 204 g/mol. The van der Waals surface area contributed by atoms with Crippen molar-refractivity contribution < 1.29 is 4.74 Å². The van der Waals surface area contributed by atoms with Crippen molar-refractivity contribution >= 4 is 6.21 Å². The van der Waals surface area contributed by atoms with Crippen LogP contribution in [-0.4, -0.2) is 44.0 Å². The molecule has 1 saturated heterocycles. The number of morpholine rings is 1. The monoisotopic (exact) mass is 204 g/mol. The molecule has 0 aliphatic carbocycles. The van der Waals surface area contributed by atoms with Crippen molar-refractivity contribution in [3.8, 4) is 11.8 Å². The predicted octanol–water partition coefficient (Wildman–Crippen LogP) is 0.926. The fourth-order valence-electron chi connectivity index (χ4n) is 1.62. The molecule has 2 heterocycles. The molecule has 0 aromatic heterocycles. The first kappa shape index (κ1) is 10.4. The quantitative estimate of drug-likeness (QED) is 0.593. The predicted molar refractivity (Wildman–Crippen MR) is 60.8 cm³/mol. The van der Waals surface area contributed by atoms with Crippen molar-refractivity contribution in [2.45, 2.75) is 6.42 Å². The lowest BCUT2D eigenvalue weighted by molar-refractivity contribution is 0.0443. The molecule has 1 atom stereocenters. The normalized spacial score (nSPS) is 26.0. The Labute approximate surface area is 90.8 Å². The molecule has 0 aromatic rings. The highest BCUT2D eigenvalue weighted by Gasteiger charge is 2.08. The maximum absolute atomic E-state index is 5.28. The fraction of sp³-hybridized carbons (Fsp3) is 0.583. The van der Waals surface area contributed by atoms with E-state index in [1.807, 2.05) is 12.4 Å². The third-order valence-electron chi connectivity index (χ3n) is 2.56. The van der Waals surface area contributed by atoms with E-state index in [9.17, 15) is 0 Å². The lowest BCUT2D eigenvalue weighted by atomic mass is 10.1. The number of rotatable bonds is 1. The summed E-state index contributed by atoms with van der Waals surface area (Å²) in [5.41, 5.74) is 0. The second kappa shape index (κ2) is 5.69. The second-order valence-corrected chi connectivity index (χ2v) is 3.72. The van der Waals surface area contributed by atoms with Gasteiger partial charge in [0.05, 0.1) is 19.8 Å². The lowest BCUT2D eigenvalue weighted by Crippen LogP contribution is -2.36. The molecule has 0 saturated carbocycles. The first-order valence-corrected chi connectivity index (χ1v) is 5.42. The van der Waals surface area contributed by atoms with E-state index in [2.05, 4.69) is 27.8 Å². The Balaban J connectivity index is 1.74. The van der Waals surface area contributed by atoms with E-state index in [1.165, 1.54) is 0 Å². The van der Waals surface area contributed by atoms with Crippen LogP contribution in [0.4, 0.5) is 0 Å². The molecule has 3 nitrogen and oxygen atoms in total. The summed E-state index contributed by atoms with van der Waals surface area (Å²) < 4.78 is 5.28. The van der Waals surface area contributed by atoms with E-state index in [4.69, 9.17) is 4.74 Å². The Morgan fingerprint density at radius 3 is 3.00 bits per heavy atom. The van der Waals surface area contributed by atoms with Gasteiger partial charge in [-0.2, -0.15) is 0 Å². The number of nitrogens with zero attached hydrogens (tertiary/aromatic N) is 2. The first-order chi connectivity index (χ1) is 7.45. The summed E-state index contributed by atoms with van der Waals surface area (Å²) in [6, 6.07) is 0. The first-order valence-electron chi connectivity index (χ1n) is 5.42. The van der Waals surface area contributed by atoms with E-state index in [0.29, 0.717) is 5.92 Å². The van der Waals surface area contributed by atoms with E-state index in [1.54, 1.807) is 0 Å². The van der Waals surface area contributed by atoms with E-state index < -0.39 is 0 Å². The van der Waals surface area contributed by atoms with Gasteiger partial charge in [-0.25, -0.2) is 0 Å². The number of aliphatic imine (C=N–C) groups is 1. The number of allylic oxidation sites excluding steroid dienone is 1. The van der Waals surface area contributed by atoms with Gasteiger partial charge in [0.1, 0.15) is 0 Å². The molecule has 0 bridgehead atoms. The molecular formula is C12H16N2O. The molecule has 15 heavy (non-hydrogen) atoms. The van der Waals surface area contributed by atoms with Crippen molar-refractivity contribution in [2.24, 2.45) is 10.9 Å². The van der Waals surface area contributed by atoms with Crippen molar-refractivity contribution in [1.82, 2.24) is 4.90 Å². The molecule has 3 heteroatoms. The van der Waals surface area contributed by atoms with Crippen LogP contribution in [0.5, 0.6) is 0 Å². The van der Waals surface area contributed by atoms with Gasteiger partial charge in [0, 0.05) is 37.8 Å². The van der Waals surface area contributed by atoms with Crippen LogP contribution in [0.1, 0.15) is 6.42 Å². The molecule has 1 fully saturated rings. The van der Waals surface area contributed by atoms with Crippen molar-refractivity contribution in [1.29, 1.82) is 0 Å². The van der Waals surface area contributed by atoms with Gasteiger partial charge in [-0.15, -0.1) is 0 Å². The summed E-state index contributed by atoms with van der Waals surface area (Å²) in [6.45, 7) is 4.58. The number of hydrogen-bond donors (Lipinski definition) is 0. The van der Waals surface area contributed by atoms with Crippen LogP contribution < -0.4 is 0 Å². The molecule has 0 N–H and O–H groups in total. The van der Waals surface area contributed by atoms with Gasteiger partial charge in [-0.3, -0.25) is 9.89 Å². The second-order valence-electron chi connectivity index (χ2n) is 3.72. The Kier molecular flexibility index (Phi) is 3.95. The lowest BCUT2D eigenvalue weighted by Gasteiger charge is -2.24. The summed E-state index contributed by atoms with van der Waals surface area (Å²) in [4.78, 5) is 6.36. The van der Waals surface area contributed by atoms with E-state index in [0.717, 1.165) is 39.3 Å². The molecule has 0 spiro atoms. The van der Waals surface area contributed by atoms with E-state index in [-0.39, 0.29) is 0 Å². The number of hydrogen-bond acceptors (Lipinski definition) is 3. The molecule has 2 aliphatic heterocycles. The maximum Gasteiger partial charge on any atom is 0.0603 e. The maximum atomic E-state index is 5.28. The molecule has 1 unspecified atom stereocenters. The minimum Gasteiger partial charge on any atom is -0.379 e. The minimum atomic E-state index is 0.364. The Morgan fingerprint density at radius 1 is 1.40 bits per heavy atom. The van der Waals surface area contributed by atoms with Gasteiger partial charge in [0.15, 0.2) is 0 Å².